The van der Waals surface area contributed by atoms with Gasteiger partial charge in [-0.25, -0.2) is 15.0 Å². The third-order valence-corrected chi connectivity index (χ3v) is 3.30. The number of thioether (sulfide) groups is 1. The van der Waals surface area contributed by atoms with E-state index in [1.54, 1.807) is 29.4 Å². The van der Waals surface area contributed by atoms with Crippen molar-refractivity contribution in [2.24, 2.45) is 0 Å². The van der Waals surface area contributed by atoms with Crippen molar-refractivity contribution in [2.45, 2.75) is 11.4 Å². The molecule has 0 aliphatic rings. The fourth-order valence-electron chi connectivity index (χ4n) is 1.23. The second-order valence-corrected chi connectivity index (χ2v) is 4.65. The van der Waals surface area contributed by atoms with Gasteiger partial charge in [-0.2, -0.15) is 0 Å². The fraction of sp³-hybridized carbons (Fsp3) is 0.300. The number of aromatic nitrogens is 3. The highest BCUT2D eigenvalue weighted by Crippen LogP contribution is 2.13. The van der Waals surface area contributed by atoms with Crippen LogP contribution in [0.2, 0.25) is 0 Å². The van der Waals surface area contributed by atoms with Crippen LogP contribution in [-0.4, -0.2) is 27.8 Å². The molecule has 6 heteroatoms. The molecule has 0 aliphatic heterocycles. The molecule has 0 radical (unpaired) electrons. The van der Waals surface area contributed by atoms with Gasteiger partial charge in [0, 0.05) is 24.4 Å². The second kappa shape index (κ2) is 5.81. The van der Waals surface area contributed by atoms with Crippen molar-refractivity contribution < 1.29 is 0 Å². The van der Waals surface area contributed by atoms with E-state index in [2.05, 4.69) is 25.6 Å². The minimum Gasteiger partial charge on any atom is -0.370 e. The summed E-state index contributed by atoms with van der Waals surface area (Å²) < 4.78 is 0. The largest absolute Gasteiger partial charge is 0.370 e. The predicted molar refractivity (Wildman–Crippen MR) is 68.1 cm³/mol. The summed E-state index contributed by atoms with van der Waals surface area (Å²) in [5.74, 6) is 0.870. The summed E-state index contributed by atoms with van der Waals surface area (Å²) in [6.45, 7) is 0.842. The SMILES string of the molecule is CSc1cc(NCCc2cscn2)ncn1. The molecule has 0 amide bonds. The normalized spacial score (nSPS) is 10.3. The van der Waals surface area contributed by atoms with Crippen molar-refractivity contribution in [1.29, 1.82) is 0 Å². The maximum Gasteiger partial charge on any atom is 0.130 e. The smallest absolute Gasteiger partial charge is 0.130 e. The number of hydrogen-bond donors (Lipinski definition) is 1. The molecule has 16 heavy (non-hydrogen) atoms. The highest BCUT2D eigenvalue weighted by molar-refractivity contribution is 7.98. The van der Waals surface area contributed by atoms with Gasteiger partial charge in [-0.15, -0.1) is 23.1 Å². The zero-order chi connectivity index (χ0) is 11.2. The van der Waals surface area contributed by atoms with Crippen LogP contribution in [0.1, 0.15) is 5.69 Å². The van der Waals surface area contributed by atoms with Crippen molar-refractivity contribution in [3.63, 3.8) is 0 Å². The lowest BCUT2D eigenvalue weighted by Crippen LogP contribution is -2.06. The molecule has 0 saturated carbocycles. The van der Waals surface area contributed by atoms with Crippen LogP contribution < -0.4 is 5.32 Å². The maximum atomic E-state index is 4.22. The number of thiazole rings is 1. The Labute approximate surface area is 103 Å². The molecule has 0 fully saturated rings. The molecule has 0 aliphatic carbocycles. The minimum atomic E-state index is 0.842. The van der Waals surface area contributed by atoms with Gasteiger partial charge < -0.3 is 5.32 Å². The first-order valence-electron chi connectivity index (χ1n) is 4.85. The van der Waals surface area contributed by atoms with Crippen LogP contribution in [0.15, 0.2) is 28.3 Å². The molecule has 4 nitrogen and oxygen atoms in total. The molecular weight excluding hydrogens is 240 g/mol. The Morgan fingerprint density at radius 2 is 2.31 bits per heavy atom. The minimum absolute atomic E-state index is 0.842. The second-order valence-electron chi connectivity index (χ2n) is 3.10. The number of nitrogens with one attached hydrogen (secondary N) is 1. The van der Waals surface area contributed by atoms with Gasteiger partial charge >= 0.3 is 0 Å². The van der Waals surface area contributed by atoms with Crippen LogP contribution >= 0.6 is 23.1 Å². The molecule has 0 spiro atoms. The van der Waals surface area contributed by atoms with Gasteiger partial charge in [-0.1, -0.05) is 0 Å². The molecule has 0 atom stereocenters. The van der Waals surface area contributed by atoms with E-state index in [0.717, 1.165) is 29.5 Å². The Morgan fingerprint density at radius 1 is 1.38 bits per heavy atom. The first-order chi connectivity index (χ1) is 7.88. The van der Waals surface area contributed by atoms with Gasteiger partial charge in [0.2, 0.25) is 0 Å². The third kappa shape index (κ3) is 3.18. The van der Waals surface area contributed by atoms with E-state index in [0.29, 0.717) is 0 Å². The number of anilines is 1. The zero-order valence-corrected chi connectivity index (χ0v) is 10.5. The average Bonchev–Trinajstić information content (AvgIpc) is 2.82. The molecule has 0 saturated heterocycles. The van der Waals surface area contributed by atoms with Crippen LogP contribution in [0.25, 0.3) is 0 Å². The summed E-state index contributed by atoms with van der Waals surface area (Å²) in [5, 5.41) is 6.30. The summed E-state index contributed by atoms with van der Waals surface area (Å²) in [6, 6.07) is 1.95. The highest BCUT2D eigenvalue weighted by atomic mass is 32.2. The standard InChI is InChI=1S/C10H12N4S2/c1-15-10-4-9(12-6-13-10)11-3-2-8-5-16-7-14-8/h4-7H,2-3H2,1H3,(H,11,12,13). The number of hydrogen-bond acceptors (Lipinski definition) is 6. The Kier molecular flexibility index (Phi) is 4.12. The summed E-state index contributed by atoms with van der Waals surface area (Å²) in [4.78, 5) is 12.5. The molecule has 2 aromatic heterocycles. The van der Waals surface area contributed by atoms with Gasteiger partial charge in [0.25, 0.3) is 0 Å². The molecule has 2 rings (SSSR count). The topological polar surface area (TPSA) is 50.7 Å². The summed E-state index contributed by atoms with van der Waals surface area (Å²) in [6.07, 6.45) is 4.50. The quantitative estimate of drug-likeness (QED) is 0.653. The van der Waals surface area contributed by atoms with Crippen molar-refractivity contribution in [3.05, 3.63) is 29.0 Å². The lowest BCUT2D eigenvalue weighted by atomic mass is 10.3. The van der Waals surface area contributed by atoms with E-state index in [-0.39, 0.29) is 0 Å². The first kappa shape index (κ1) is 11.3. The molecular formula is C10H12N4S2. The van der Waals surface area contributed by atoms with Crippen molar-refractivity contribution in [3.8, 4) is 0 Å². The van der Waals surface area contributed by atoms with Gasteiger partial charge in [0.15, 0.2) is 0 Å². The van der Waals surface area contributed by atoms with E-state index in [1.165, 1.54) is 0 Å². The summed E-state index contributed by atoms with van der Waals surface area (Å²) in [7, 11) is 0. The van der Waals surface area contributed by atoms with Gasteiger partial charge in [-0.3, -0.25) is 0 Å². The van der Waals surface area contributed by atoms with E-state index >= 15 is 0 Å². The van der Waals surface area contributed by atoms with Crippen LogP contribution in [0.3, 0.4) is 0 Å². The van der Waals surface area contributed by atoms with E-state index < -0.39 is 0 Å². The summed E-state index contributed by atoms with van der Waals surface area (Å²) >= 11 is 3.24. The number of nitrogens with zero attached hydrogens (tertiary/aromatic N) is 3. The summed E-state index contributed by atoms with van der Waals surface area (Å²) in [5.41, 5.74) is 2.97. The fourth-order valence-corrected chi connectivity index (χ4v) is 2.20. The lowest BCUT2D eigenvalue weighted by molar-refractivity contribution is 0.954. The van der Waals surface area contributed by atoms with Crippen molar-refractivity contribution in [2.75, 3.05) is 18.1 Å². The molecule has 1 N–H and O–H groups in total. The Balaban J connectivity index is 1.85. The number of rotatable bonds is 5. The zero-order valence-electron chi connectivity index (χ0n) is 8.88. The van der Waals surface area contributed by atoms with Crippen molar-refractivity contribution >= 4 is 28.9 Å². The van der Waals surface area contributed by atoms with Crippen molar-refractivity contribution in [1.82, 2.24) is 15.0 Å². The Hall–Kier alpha value is -1.14. The lowest BCUT2D eigenvalue weighted by Gasteiger charge is -2.04. The van der Waals surface area contributed by atoms with Gasteiger partial charge in [-0.05, 0) is 6.26 Å². The maximum absolute atomic E-state index is 4.22. The van der Waals surface area contributed by atoms with Gasteiger partial charge in [0.05, 0.1) is 11.2 Å². The molecule has 2 heterocycles. The highest BCUT2D eigenvalue weighted by Gasteiger charge is 1.98. The molecule has 0 bridgehead atoms. The van der Waals surface area contributed by atoms with Crippen LogP contribution in [0.5, 0.6) is 0 Å². The molecule has 84 valence electrons. The predicted octanol–water partition coefficient (Wildman–Crippen LogP) is 2.31. The van der Waals surface area contributed by atoms with E-state index in [4.69, 9.17) is 0 Å². The van der Waals surface area contributed by atoms with Gasteiger partial charge in [0.1, 0.15) is 17.2 Å². The molecule has 0 unspecified atom stereocenters. The first-order valence-corrected chi connectivity index (χ1v) is 7.02. The molecule has 0 aromatic carbocycles. The van der Waals surface area contributed by atoms with Crippen LogP contribution in [0, 0.1) is 0 Å². The van der Waals surface area contributed by atoms with E-state index in [9.17, 15) is 0 Å². The van der Waals surface area contributed by atoms with E-state index in [1.807, 2.05) is 17.8 Å². The monoisotopic (exact) mass is 252 g/mol. The average molecular weight is 252 g/mol. The van der Waals surface area contributed by atoms with Crippen LogP contribution in [-0.2, 0) is 6.42 Å². The van der Waals surface area contributed by atoms with Crippen LogP contribution in [0.4, 0.5) is 5.82 Å². The molecule has 2 aromatic rings. The Morgan fingerprint density at radius 3 is 3.06 bits per heavy atom. The third-order valence-electron chi connectivity index (χ3n) is 2.02. The Bertz CT molecular complexity index is 430.